The molecule has 20 heavy (non-hydrogen) atoms. The first-order valence-corrected chi connectivity index (χ1v) is 7.22. The molecule has 0 fully saturated rings. The highest BCUT2D eigenvalue weighted by Crippen LogP contribution is 2.22. The average Bonchev–Trinajstić information content (AvgIpc) is 2.84. The lowest BCUT2D eigenvalue weighted by atomic mass is 10.1. The van der Waals surface area contributed by atoms with E-state index in [1.165, 1.54) is 4.52 Å². The summed E-state index contributed by atoms with van der Waals surface area (Å²) in [5.41, 5.74) is 3.28. The summed E-state index contributed by atoms with van der Waals surface area (Å²) in [4.78, 5) is 16.8. The van der Waals surface area contributed by atoms with Crippen molar-refractivity contribution in [3.05, 3.63) is 56.9 Å². The van der Waals surface area contributed by atoms with E-state index in [9.17, 15) is 4.79 Å². The lowest BCUT2D eigenvalue weighted by Crippen LogP contribution is -2.14. The van der Waals surface area contributed by atoms with Crippen molar-refractivity contribution in [1.82, 2.24) is 14.6 Å². The number of halogens is 1. The molecule has 2 aromatic heterocycles. The number of benzene rings is 1. The Hall–Kier alpha value is -1.88. The van der Waals surface area contributed by atoms with Crippen molar-refractivity contribution in [2.75, 3.05) is 0 Å². The lowest BCUT2D eigenvalue weighted by molar-refractivity contribution is 0.870. The van der Waals surface area contributed by atoms with Crippen LogP contribution in [0.2, 0.25) is 0 Å². The summed E-state index contributed by atoms with van der Waals surface area (Å²) in [6, 6.07) is 9.34. The SMILES string of the molecule is CC(C)c1c[nH]n2c(=O)cc(-c3ccc(Br)cc3)nc12. The van der Waals surface area contributed by atoms with Gasteiger partial charge in [-0.05, 0) is 18.1 Å². The van der Waals surface area contributed by atoms with Crippen molar-refractivity contribution in [3.63, 3.8) is 0 Å². The van der Waals surface area contributed by atoms with E-state index < -0.39 is 0 Å². The summed E-state index contributed by atoms with van der Waals surface area (Å²) < 4.78 is 2.49. The zero-order valence-corrected chi connectivity index (χ0v) is 12.8. The minimum Gasteiger partial charge on any atom is -0.297 e. The maximum Gasteiger partial charge on any atom is 0.273 e. The standard InChI is InChI=1S/C15H14BrN3O/c1-9(2)12-8-17-19-14(20)7-13(18-15(12)19)10-3-5-11(16)6-4-10/h3-9,17H,1-2H3. The molecule has 0 saturated heterocycles. The Balaban J connectivity index is 2.25. The summed E-state index contributed by atoms with van der Waals surface area (Å²) in [6.07, 6.45) is 1.85. The quantitative estimate of drug-likeness (QED) is 0.780. The summed E-state index contributed by atoms with van der Waals surface area (Å²) in [7, 11) is 0. The van der Waals surface area contributed by atoms with E-state index in [0.29, 0.717) is 17.3 Å². The van der Waals surface area contributed by atoms with Crippen LogP contribution < -0.4 is 5.56 Å². The number of fused-ring (bicyclic) bond motifs is 1. The number of nitrogens with zero attached hydrogens (tertiary/aromatic N) is 2. The molecule has 0 aliphatic rings. The molecule has 1 N–H and O–H groups in total. The molecule has 1 aromatic carbocycles. The van der Waals surface area contributed by atoms with Gasteiger partial charge in [-0.3, -0.25) is 9.89 Å². The van der Waals surface area contributed by atoms with Gasteiger partial charge in [0.15, 0.2) is 5.65 Å². The maximum absolute atomic E-state index is 12.2. The second-order valence-electron chi connectivity index (χ2n) is 5.03. The van der Waals surface area contributed by atoms with Gasteiger partial charge in [0.05, 0.1) is 5.69 Å². The summed E-state index contributed by atoms with van der Waals surface area (Å²) in [5, 5.41) is 2.96. The van der Waals surface area contributed by atoms with E-state index in [1.54, 1.807) is 6.07 Å². The van der Waals surface area contributed by atoms with Crippen molar-refractivity contribution >= 4 is 21.6 Å². The fourth-order valence-corrected chi connectivity index (χ4v) is 2.46. The number of hydrogen-bond donors (Lipinski definition) is 1. The largest absolute Gasteiger partial charge is 0.297 e. The van der Waals surface area contributed by atoms with Crippen LogP contribution in [0, 0.1) is 0 Å². The second-order valence-corrected chi connectivity index (χ2v) is 5.94. The van der Waals surface area contributed by atoms with Gasteiger partial charge >= 0.3 is 0 Å². The van der Waals surface area contributed by atoms with Crippen LogP contribution in [0.4, 0.5) is 0 Å². The van der Waals surface area contributed by atoms with Crippen LogP contribution in [0.5, 0.6) is 0 Å². The van der Waals surface area contributed by atoms with Crippen molar-refractivity contribution in [2.45, 2.75) is 19.8 Å². The Morgan fingerprint density at radius 3 is 2.60 bits per heavy atom. The van der Waals surface area contributed by atoms with Gasteiger partial charge in [-0.1, -0.05) is 41.9 Å². The molecular weight excluding hydrogens is 318 g/mol. The molecule has 0 aliphatic carbocycles. The second kappa shape index (κ2) is 4.90. The van der Waals surface area contributed by atoms with Crippen molar-refractivity contribution in [1.29, 1.82) is 0 Å². The number of aromatic amines is 1. The Labute approximate surface area is 124 Å². The topological polar surface area (TPSA) is 50.2 Å². The zero-order chi connectivity index (χ0) is 14.3. The summed E-state index contributed by atoms with van der Waals surface area (Å²) in [6.45, 7) is 4.17. The fourth-order valence-electron chi connectivity index (χ4n) is 2.19. The van der Waals surface area contributed by atoms with Gasteiger partial charge in [0, 0.05) is 27.9 Å². The van der Waals surface area contributed by atoms with Crippen LogP contribution in [0.1, 0.15) is 25.3 Å². The monoisotopic (exact) mass is 331 g/mol. The molecule has 0 saturated carbocycles. The number of nitrogens with one attached hydrogen (secondary N) is 1. The van der Waals surface area contributed by atoms with Gasteiger partial charge in [-0.15, -0.1) is 0 Å². The van der Waals surface area contributed by atoms with Crippen molar-refractivity contribution in [2.24, 2.45) is 0 Å². The molecule has 0 bridgehead atoms. The van der Waals surface area contributed by atoms with Gasteiger partial charge in [0.25, 0.3) is 5.56 Å². The van der Waals surface area contributed by atoms with E-state index in [2.05, 4.69) is 39.9 Å². The van der Waals surface area contributed by atoms with E-state index in [1.807, 2.05) is 30.5 Å². The van der Waals surface area contributed by atoms with E-state index in [-0.39, 0.29) is 5.56 Å². The molecule has 102 valence electrons. The number of hydrogen-bond acceptors (Lipinski definition) is 2. The van der Waals surface area contributed by atoms with Crippen LogP contribution >= 0.6 is 15.9 Å². The molecule has 0 aliphatic heterocycles. The first-order valence-electron chi connectivity index (χ1n) is 6.43. The van der Waals surface area contributed by atoms with Crippen LogP contribution in [0.3, 0.4) is 0 Å². The van der Waals surface area contributed by atoms with Crippen molar-refractivity contribution in [3.8, 4) is 11.3 Å². The Morgan fingerprint density at radius 1 is 1.25 bits per heavy atom. The van der Waals surface area contributed by atoms with Crippen molar-refractivity contribution < 1.29 is 0 Å². The van der Waals surface area contributed by atoms with Gasteiger partial charge in [-0.2, -0.15) is 0 Å². The normalized spacial score (nSPS) is 11.4. The van der Waals surface area contributed by atoms with Gasteiger partial charge in [0.1, 0.15) is 0 Å². The number of rotatable bonds is 2. The third-order valence-electron chi connectivity index (χ3n) is 3.29. The predicted molar refractivity (Wildman–Crippen MR) is 83.0 cm³/mol. The first-order chi connectivity index (χ1) is 9.56. The van der Waals surface area contributed by atoms with E-state index >= 15 is 0 Å². The highest BCUT2D eigenvalue weighted by Gasteiger charge is 2.12. The first kappa shape index (κ1) is 13.1. The number of aromatic nitrogens is 3. The van der Waals surface area contributed by atoms with Gasteiger partial charge in [-0.25, -0.2) is 9.50 Å². The van der Waals surface area contributed by atoms with Crippen LogP contribution in [-0.4, -0.2) is 14.6 Å². The molecule has 3 rings (SSSR count). The predicted octanol–water partition coefficient (Wildman–Crippen LogP) is 3.58. The minimum absolute atomic E-state index is 0.0974. The number of H-pyrrole nitrogens is 1. The van der Waals surface area contributed by atoms with Crippen LogP contribution in [0.25, 0.3) is 16.9 Å². The minimum atomic E-state index is -0.0974. The summed E-state index contributed by atoms with van der Waals surface area (Å²) >= 11 is 3.41. The third-order valence-corrected chi connectivity index (χ3v) is 3.82. The Morgan fingerprint density at radius 2 is 1.95 bits per heavy atom. The third kappa shape index (κ3) is 2.18. The molecule has 0 radical (unpaired) electrons. The van der Waals surface area contributed by atoms with Gasteiger partial charge in [0.2, 0.25) is 0 Å². The molecule has 4 nitrogen and oxygen atoms in total. The molecule has 0 atom stereocenters. The highest BCUT2D eigenvalue weighted by molar-refractivity contribution is 9.10. The molecule has 3 aromatic rings. The van der Waals surface area contributed by atoms with E-state index in [0.717, 1.165) is 15.6 Å². The molecule has 2 heterocycles. The average molecular weight is 332 g/mol. The molecule has 0 amide bonds. The molecule has 0 spiro atoms. The molecular formula is C15H14BrN3O. The molecule has 5 heteroatoms. The molecule has 0 unspecified atom stereocenters. The van der Waals surface area contributed by atoms with Gasteiger partial charge < -0.3 is 0 Å². The smallest absolute Gasteiger partial charge is 0.273 e. The van der Waals surface area contributed by atoms with Crippen LogP contribution in [0.15, 0.2) is 45.8 Å². The Bertz CT molecular complexity index is 815. The Kier molecular flexibility index (Phi) is 3.22. The van der Waals surface area contributed by atoms with Crippen LogP contribution in [-0.2, 0) is 0 Å². The summed E-state index contributed by atoms with van der Waals surface area (Å²) in [5.74, 6) is 0.309. The van der Waals surface area contributed by atoms with E-state index in [4.69, 9.17) is 0 Å². The highest BCUT2D eigenvalue weighted by atomic mass is 79.9. The fraction of sp³-hybridized carbons (Fsp3) is 0.200. The maximum atomic E-state index is 12.2. The zero-order valence-electron chi connectivity index (χ0n) is 11.2. The lowest BCUT2D eigenvalue weighted by Gasteiger charge is -2.04.